The second-order valence-electron chi connectivity index (χ2n) is 3.07. The lowest BCUT2D eigenvalue weighted by Crippen LogP contribution is -2.42. The van der Waals surface area contributed by atoms with Gasteiger partial charge in [-0.2, -0.15) is 4.98 Å². The van der Waals surface area contributed by atoms with E-state index in [9.17, 15) is 9.90 Å². The maximum Gasteiger partial charge on any atom is 0.352 e. The van der Waals surface area contributed by atoms with Crippen LogP contribution in [0.1, 0.15) is 0 Å². The Morgan fingerprint density at radius 1 is 1.80 bits per heavy atom. The highest BCUT2D eigenvalue weighted by Crippen LogP contribution is 2.35. The summed E-state index contributed by atoms with van der Waals surface area (Å²) in [6.45, 7) is 0.227. The first-order valence-electron chi connectivity index (χ1n) is 4.42. The molecule has 15 heavy (non-hydrogen) atoms. The van der Waals surface area contributed by atoms with Crippen LogP contribution in [-0.2, 0) is 9.79 Å². The van der Waals surface area contributed by atoms with Crippen LogP contribution in [0.2, 0.25) is 0 Å². The Balaban J connectivity index is 2.47. The Kier molecular flexibility index (Phi) is 2.68. The summed E-state index contributed by atoms with van der Waals surface area (Å²) in [4.78, 5) is 15.2. The van der Waals surface area contributed by atoms with Crippen molar-refractivity contribution in [2.24, 2.45) is 0 Å². The zero-order valence-electron chi connectivity index (χ0n) is 7.92. The first-order valence-corrected chi connectivity index (χ1v) is 5.41. The number of nitrogens with two attached hydrogens (primary N) is 1. The van der Waals surface area contributed by atoms with Crippen molar-refractivity contribution < 1.29 is 9.84 Å². The van der Waals surface area contributed by atoms with Crippen LogP contribution in [-0.4, -0.2) is 33.6 Å². The number of aliphatic hydroxyl groups is 1. The number of nitrogen functional groups attached to an aromatic ring is 1. The smallest absolute Gasteiger partial charge is 0.352 e. The number of aliphatic hydroxyl groups excluding tert-OH is 1. The molecule has 1 aromatic heterocycles. The van der Waals surface area contributed by atoms with Crippen molar-refractivity contribution in [2.75, 3.05) is 24.7 Å². The lowest BCUT2D eigenvalue weighted by molar-refractivity contribution is -0.0491. The number of hydrogen-bond donors (Lipinski definition) is 2. The normalized spacial score (nSPS) is 25.7. The van der Waals surface area contributed by atoms with Gasteiger partial charge in [0.05, 0.1) is 6.61 Å². The summed E-state index contributed by atoms with van der Waals surface area (Å²) >= 11 is 1.37. The van der Waals surface area contributed by atoms with Gasteiger partial charge in [0.15, 0.2) is 0 Å². The molecule has 1 unspecified atom stereocenters. The molecule has 7 heteroatoms. The quantitative estimate of drug-likeness (QED) is 0.689. The topological polar surface area (TPSA) is 90.4 Å². The summed E-state index contributed by atoms with van der Waals surface area (Å²) in [7, 11) is 0. The van der Waals surface area contributed by atoms with Crippen molar-refractivity contribution >= 4 is 17.6 Å². The number of aromatic nitrogens is 2. The molecule has 0 spiro atoms. The molecule has 0 aliphatic carbocycles. The molecule has 1 aliphatic rings. The van der Waals surface area contributed by atoms with E-state index in [-0.39, 0.29) is 12.4 Å². The second kappa shape index (κ2) is 3.84. The average molecular weight is 229 g/mol. The van der Waals surface area contributed by atoms with Crippen molar-refractivity contribution in [3.8, 4) is 0 Å². The molecule has 1 saturated heterocycles. The second-order valence-corrected chi connectivity index (χ2v) is 4.41. The van der Waals surface area contributed by atoms with Gasteiger partial charge in [0, 0.05) is 11.9 Å². The highest BCUT2D eigenvalue weighted by molar-refractivity contribution is 8.00. The first kappa shape index (κ1) is 10.5. The van der Waals surface area contributed by atoms with Crippen LogP contribution in [0.3, 0.4) is 0 Å². The van der Waals surface area contributed by atoms with Gasteiger partial charge in [0.25, 0.3) is 0 Å². The SMILES string of the molecule is Nc1ccn(C2(CO)OCCS2)c(=O)n1. The molecule has 0 aromatic carbocycles. The number of nitrogens with zero attached hydrogens (tertiary/aromatic N) is 2. The van der Waals surface area contributed by atoms with Crippen LogP contribution < -0.4 is 11.4 Å². The highest BCUT2D eigenvalue weighted by Gasteiger charge is 2.38. The molecule has 82 valence electrons. The molecule has 1 atom stereocenters. The van der Waals surface area contributed by atoms with Crippen molar-refractivity contribution in [3.63, 3.8) is 0 Å². The Labute approximate surface area is 90.1 Å². The van der Waals surface area contributed by atoms with Gasteiger partial charge in [0.1, 0.15) is 12.4 Å². The minimum Gasteiger partial charge on any atom is -0.390 e. The molecule has 3 N–H and O–H groups in total. The van der Waals surface area contributed by atoms with Gasteiger partial charge in [-0.05, 0) is 6.07 Å². The van der Waals surface area contributed by atoms with E-state index in [0.717, 1.165) is 5.75 Å². The van der Waals surface area contributed by atoms with Crippen LogP contribution in [0.15, 0.2) is 17.1 Å². The Hall–Kier alpha value is -1.05. The number of hydrogen-bond acceptors (Lipinski definition) is 6. The maximum absolute atomic E-state index is 11.6. The molecule has 0 bridgehead atoms. The fourth-order valence-electron chi connectivity index (χ4n) is 1.43. The minimum atomic E-state index is -1.03. The Morgan fingerprint density at radius 3 is 3.13 bits per heavy atom. The van der Waals surface area contributed by atoms with E-state index in [1.54, 1.807) is 0 Å². The molecule has 6 nitrogen and oxygen atoms in total. The average Bonchev–Trinajstić information content (AvgIpc) is 2.67. The van der Waals surface area contributed by atoms with E-state index in [1.807, 2.05) is 0 Å². The van der Waals surface area contributed by atoms with E-state index in [1.165, 1.54) is 28.6 Å². The summed E-state index contributed by atoms with van der Waals surface area (Å²) in [6, 6.07) is 1.50. The fourth-order valence-corrected chi connectivity index (χ4v) is 2.45. The lowest BCUT2D eigenvalue weighted by atomic mass is 10.5. The predicted molar refractivity (Wildman–Crippen MR) is 56.4 cm³/mol. The van der Waals surface area contributed by atoms with E-state index >= 15 is 0 Å². The van der Waals surface area contributed by atoms with E-state index in [4.69, 9.17) is 10.5 Å². The van der Waals surface area contributed by atoms with Crippen LogP contribution in [0.25, 0.3) is 0 Å². The first-order chi connectivity index (χ1) is 7.18. The summed E-state index contributed by atoms with van der Waals surface area (Å²) in [5.74, 6) is 0.893. The summed E-state index contributed by atoms with van der Waals surface area (Å²) in [6.07, 6.45) is 1.49. The van der Waals surface area contributed by atoms with Gasteiger partial charge in [-0.25, -0.2) is 4.79 Å². The van der Waals surface area contributed by atoms with Crippen molar-refractivity contribution in [3.05, 3.63) is 22.7 Å². The van der Waals surface area contributed by atoms with Crippen LogP contribution in [0.4, 0.5) is 5.82 Å². The molecular formula is C8H11N3O3S. The van der Waals surface area contributed by atoms with Gasteiger partial charge < -0.3 is 15.6 Å². The molecule has 1 fully saturated rings. The largest absolute Gasteiger partial charge is 0.390 e. The van der Waals surface area contributed by atoms with Crippen LogP contribution in [0.5, 0.6) is 0 Å². The number of ether oxygens (including phenoxy) is 1. The standard InChI is InChI=1S/C8H11N3O3S/c9-6-1-2-11(7(13)10-6)8(5-12)14-3-4-15-8/h1-2,12H,3-5H2,(H2,9,10,13). The number of thioether (sulfide) groups is 1. The third kappa shape index (κ3) is 1.73. The Morgan fingerprint density at radius 2 is 2.60 bits per heavy atom. The molecule has 0 radical (unpaired) electrons. The minimum absolute atomic E-state index is 0.160. The van der Waals surface area contributed by atoms with Gasteiger partial charge >= 0.3 is 5.69 Å². The molecule has 1 aromatic rings. The Bertz CT molecular complexity index is 414. The fraction of sp³-hybridized carbons (Fsp3) is 0.500. The molecule has 1 aliphatic heterocycles. The molecule has 0 saturated carbocycles. The predicted octanol–water partition coefficient (Wildman–Crippen LogP) is -0.809. The monoisotopic (exact) mass is 229 g/mol. The summed E-state index contributed by atoms with van der Waals surface area (Å²) < 4.78 is 6.66. The van der Waals surface area contributed by atoms with Crippen molar-refractivity contribution in [1.82, 2.24) is 9.55 Å². The third-order valence-electron chi connectivity index (χ3n) is 2.13. The summed E-state index contributed by atoms with van der Waals surface area (Å²) in [5, 5.41) is 8.27. The zero-order chi connectivity index (χ0) is 10.9. The zero-order valence-corrected chi connectivity index (χ0v) is 8.74. The van der Waals surface area contributed by atoms with Crippen molar-refractivity contribution in [2.45, 2.75) is 5.06 Å². The van der Waals surface area contributed by atoms with E-state index in [2.05, 4.69) is 4.98 Å². The number of rotatable bonds is 2. The van der Waals surface area contributed by atoms with Gasteiger partial charge in [-0.15, -0.1) is 0 Å². The van der Waals surface area contributed by atoms with E-state index < -0.39 is 10.7 Å². The molecule has 0 amide bonds. The van der Waals surface area contributed by atoms with Gasteiger partial charge in [-0.1, -0.05) is 11.8 Å². The lowest BCUT2D eigenvalue weighted by Gasteiger charge is -2.26. The maximum atomic E-state index is 11.6. The number of anilines is 1. The molecule has 2 rings (SSSR count). The van der Waals surface area contributed by atoms with Crippen LogP contribution in [0, 0.1) is 0 Å². The highest BCUT2D eigenvalue weighted by atomic mass is 32.2. The van der Waals surface area contributed by atoms with Crippen molar-refractivity contribution in [1.29, 1.82) is 0 Å². The van der Waals surface area contributed by atoms with Crippen LogP contribution >= 0.6 is 11.8 Å². The van der Waals surface area contributed by atoms with E-state index in [0.29, 0.717) is 6.61 Å². The van der Waals surface area contributed by atoms with Gasteiger partial charge in [0.2, 0.25) is 5.06 Å². The summed E-state index contributed by atoms with van der Waals surface area (Å²) in [5.41, 5.74) is 4.86. The molecule has 2 heterocycles. The molecular weight excluding hydrogens is 218 g/mol. The third-order valence-corrected chi connectivity index (χ3v) is 3.40. The van der Waals surface area contributed by atoms with Gasteiger partial charge in [-0.3, -0.25) is 4.57 Å².